The van der Waals surface area contributed by atoms with Crippen molar-refractivity contribution in [1.82, 2.24) is 5.32 Å². The predicted molar refractivity (Wildman–Crippen MR) is 93.2 cm³/mol. The van der Waals surface area contributed by atoms with E-state index in [0.29, 0.717) is 13.0 Å². The summed E-state index contributed by atoms with van der Waals surface area (Å²) in [7, 11) is 0. The fourth-order valence-corrected chi connectivity index (χ4v) is 3.46. The topological polar surface area (TPSA) is 64.3 Å². The highest BCUT2D eigenvalue weighted by atomic mass is 35.5. The van der Waals surface area contributed by atoms with Gasteiger partial charge in [-0.2, -0.15) is 11.8 Å². The van der Waals surface area contributed by atoms with Crippen LogP contribution in [0.3, 0.4) is 0 Å². The highest BCUT2D eigenvalue weighted by molar-refractivity contribution is 7.99. The molecule has 0 heterocycles. The van der Waals surface area contributed by atoms with Gasteiger partial charge in [0.1, 0.15) is 5.54 Å². The molecule has 0 aromatic heterocycles. The summed E-state index contributed by atoms with van der Waals surface area (Å²) in [4.78, 5) is 12.5. The van der Waals surface area contributed by atoms with Gasteiger partial charge in [-0.25, -0.2) is 0 Å². The van der Waals surface area contributed by atoms with Gasteiger partial charge in [-0.15, -0.1) is 12.4 Å². The fourth-order valence-electron chi connectivity index (χ4n) is 2.65. The monoisotopic (exact) mass is 338 g/mol. The van der Waals surface area contributed by atoms with Crippen molar-refractivity contribution in [2.24, 2.45) is 11.1 Å². The van der Waals surface area contributed by atoms with Crippen LogP contribution in [0.4, 0.5) is 0 Å². The van der Waals surface area contributed by atoms with E-state index in [-0.39, 0.29) is 35.9 Å². The van der Waals surface area contributed by atoms with Crippen LogP contribution in [0.2, 0.25) is 0 Å². The van der Waals surface area contributed by atoms with Crippen molar-refractivity contribution in [3.8, 4) is 0 Å². The van der Waals surface area contributed by atoms with Crippen molar-refractivity contribution in [2.75, 3.05) is 18.1 Å². The van der Waals surface area contributed by atoms with Gasteiger partial charge in [-0.3, -0.25) is 4.79 Å². The number of carbonyl (C=O) groups excluding carboxylic acids is 1. The maximum Gasteiger partial charge on any atom is 0.241 e. The fraction of sp³-hybridized carbons (Fsp3) is 0.933. The van der Waals surface area contributed by atoms with Crippen LogP contribution in [0.15, 0.2) is 0 Å². The SMILES string of the molecule is CCOC1CC(N)(C(=O)NC(C)CCSCC)C1(C)C.Cl. The molecule has 1 fully saturated rings. The predicted octanol–water partition coefficient (Wildman–Crippen LogP) is 2.59. The molecule has 0 aromatic rings. The molecule has 1 rings (SSSR count). The summed E-state index contributed by atoms with van der Waals surface area (Å²) in [6.45, 7) is 10.9. The summed E-state index contributed by atoms with van der Waals surface area (Å²) >= 11 is 1.89. The van der Waals surface area contributed by atoms with Crippen molar-refractivity contribution >= 4 is 30.1 Å². The highest BCUT2D eigenvalue weighted by Crippen LogP contribution is 2.49. The quantitative estimate of drug-likeness (QED) is 0.668. The van der Waals surface area contributed by atoms with Gasteiger partial charge in [-0.1, -0.05) is 20.8 Å². The number of hydrogen-bond acceptors (Lipinski definition) is 4. The molecule has 21 heavy (non-hydrogen) atoms. The summed E-state index contributed by atoms with van der Waals surface area (Å²) in [6, 6.07) is 0.170. The Morgan fingerprint density at radius 3 is 2.57 bits per heavy atom. The van der Waals surface area contributed by atoms with Gasteiger partial charge in [0.15, 0.2) is 0 Å². The smallest absolute Gasteiger partial charge is 0.241 e. The molecular weight excluding hydrogens is 308 g/mol. The number of rotatable bonds is 8. The Hall–Kier alpha value is 0.0300. The Balaban J connectivity index is 0.00000400. The molecule has 0 saturated heterocycles. The van der Waals surface area contributed by atoms with Crippen molar-refractivity contribution < 1.29 is 9.53 Å². The van der Waals surface area contributed by atoms with Crippen molar-refractivity contribution in [2.45, 2.75) is 65.1 Å². The van der Waals surface area contributed by atoms with E-state index in [1.165, 1.54) is 0 Å². The molecule has 0 aromatic carbocycles. The minimum Gasteiger partial charge on any atom is -0.378 e. The minimum atomic E-state index is -0.807. The molecule has 0 radical (unpaired) electrons. The van der Waals surface area contributed by atoms with Crippen LogP contribution in [-0.2, 0) is 9.53 Å². The molecule has 126 valence electrons. The number of ether oxygens (including phenoxy) is 1. The maximum atomic E-state index is 12.5. The van der Waals surface area contributed by atoms with Gasteiger partial charge in [0.25, 0.3) is 0 Å². The van der Waals surface area contributed by atoms with Crippen LogP contribution in [0.5, 0.6) is 0 Å². The zero-order valence-corrected chi connectivity index (χ0v) is 15.5. The summed E-state index contributed by atoms with van der Waals surface area (Å²) in [5.74, 6) is 2.15. The molecule has 1 aliphatic rings. The average Bonchev–Trinajstić information content (AvgIpc) is 2.38. The Bertz CT molecular complexity index is 342. The molecule has 1 saturated carbocycles. The van der Waals surface area contributed by atoms with Gasteiger partial charge in [0, 0.05) is 24.5 Å². The van der Waals surface area contributed by atoms with Crippen molar-refractivity contribution in [3.63, 3.8) is 0 Å². The number of amides is 1. The minimum absolute atomic E-state index is 0. The van der Waals surface area contributed by atoms with Gasteiger partial charge in [0.2, 0.25) is 5.91 Å². The zero-order valence-electron chi connectivity index (χ0n) is 13.9. The number of thioether (sulfide) groups is 1. The largest absolute Gasteiger partial charge is 0.378 e. The molecule has 6 heteroatoms. The molecule has 1 amide bonds. The average molecular weight is 339 g/mol. The lowest BCUT2D eigenvalue weighted by Crippen LogP contribution is -2.76. The first-order valence-electron chi connectivity index (χ1n) is 7.58. The lowest BCUT2D eigenvalue weighted by molar-refractivity contribution is -0.171. The number of carbonyl (C=O) groups is 1. The number of nitrogens with two attached hydrogens (primary N) is 1. The summed E-state index contributed by atoms with van der Waals surface area (Å²) in [6.07, 6.45) is 1.67. The maximum absolute atomic E-state index is 12.5. The molecule has 1 aliphatic carbocycles. The number of nitrogens with one attached hydrogen (secondary N) is 1. The summed E-state index contributed by atoms with van der Waals surface area (Å²) in [5.41, 5.74) is 5.23. The zero-order chi connectivity index (χ0) is 15.4. The van der Waals surface area contributed by atoms with Gasteiger partial charge < -0.3 is 15.8 Å². The first-order chi connectivity index (χ1) is 9.29. The third kappa shape index (κ3) is 4.50. The van der Waals surface area contributed by atoms with E-state index in [1.807, 2.05) is 39.5 Å². The van der Waals surface area contributed by atoms with Gasteiger partial charge in [-0.05, 0) is 31.8 Å². The van der Waals surface area contributed by atoms with E-state index in [2.05, 4.69) is 12.2 Å². The van der Waals surface area contributed by atoms with Crippen molar-refractivity contribution in [1.29, 1.82) is 0 Å². The molecule has 0 bridgehead atoms. The summed E-state index contributed by atoms with van der Waals surface area (Å²) < 4.78 is 5.66. The first-order valence-corrected chi connectivity index (χ1v) is 8.74. The molecule has 4 nitrogen and oxygen atoms in total. The van der Waals surface area contributed by atoms with Crippen molar-refractivity contribution in [3.05, 3.63) is 0 Å². The molecular formula is C15H31ClN2O2S. The second-order valence-electron chi connectivity index (χ2n) is 6.20. The van der Waals surface area contributed by atoms with Crippen LogP contribution in [0, 0.1) is 5.41 Å². The molecule has 0 aliphatic heterocycles. The molecule has 3 N–H and O–H groups in total. The van der Waals surface area contributed by atoms with E-state index < -0.39 is 5.54 Å². The van der Waals surface area contributed by atoms with E-state index in [9.17, 15) is 4.79 Å². The van der Waals surface area contributed by atoms with E-state index in [1.54, 1.807) is 0 Å². The summed E-state index contributed by atoms with van der Waals surface area (Å²) in [5, 5.41) is 3.07. The lowest BCUT2D eigenvalue weighted by Gasteiger charge is -2.57. The molecule has 3 atom stereocenters. The Labute approximate surface area is 139 Å². The van der Waals surface area contributed by atoms with Crippen LogP contribution in [-0.4, -0.2) is 41.7 Å². The Morgan fingerprint density at radius 1 is 1.48 bits per heavy atom. The van der Waals surface area contributed by atoms with E-state index in [4.69, 9.17) is 10.5 Å². The Morgan fingerprint density at radius 2 is 2.10 bits per heavy atom. The number of hydrogen-bond donors (Lipinski definition) is 2. The van der Waals surface area contributed by atoms with Crippen LogP contribution < -0.4 is 11.1 Å². The normalized spacial score (nSPS) is 28.2. The second kappa shape index (κ2) is 8.61. The third-order valence-corrected chi connectivity index (χ3v) is 5.44. The second-order valence-corrected chi connectivity index (χ2v) is 7.60. The van der Waals surface area contributed by atoms with Gasteiger partial charge >= 0.3 is 0 Å². The lowest BCUT2D eigenvalue weighted by atomic mass is 9.54. The highest BCUT2D eigenvalue weighted by Gasteiger charge is 2.62. The van der Waals surface area contributed by atoms with Crippen LogP contribution >= 0.6 is 24.2 Å². The van der Waals surface area contributed by atoms with Crippen LogP contribution in [0.1, 0.15) is 47.5 Å². The van der Waals surface area contributed by atoms with Gasteiger partial charge in [0.05, 0.1) is 6.10 Å². The van der Waals surface area contributed by atoms with E-state index in [0.717, 1.165) is 17.9 Å². The molecule has 3 unspecified atom stereocenters. The Kier molecular flexibility index (Phi) is 8.62. The third-order valence-electron chi connectivity index (χ3n) is 4.51. The van der Waals surface area contributed by atoms with E-state index >= 15 is 0 Å². The molecule has 0 spiro atoms. The number of halogens is 1. The first kappa shape index (κ1) is 21.0. The van der Waals surface area contributed by atoms with Crippen LogP contribution in [0.25, 0.3) is 0 Å². The standard InChI is InChI=1S/C15H30N2O2S.ClH/c1-6-19-12-10-15(16,14(12,4)5)13(18)17-11(3)8-9-20-7-2;/h11-12H,6-10,16H2,1-5H3,(H,17,18);1H.